The Labute approximate surface area is 120 Å². The van der Waals surface area contributed by atoms with Crippen molar-refractivity contribution in [3.05, 3.63) is 53.6 Å². The molecule has 2 rings (SSSR count). The molecular formula is C15H12O4S. The Hall–Kier alpha value is -2.27. The highest BCUT2D eigenvalue weighted by Crippen LogP contribution is 2.33. The highest BCUT2D eigenvalue weighted by Gasteiger charge is 2.12. The van der Waals surface area contributed by atoms with Gasteiger partial charge in [-0.3, -0.25) is 4.79 Å². The van der Waals surface area contributed by atoms with E-state index in [4.69, 9.17) is 4.74 Å². The van der Waals surface area contributed by atoms with Gasteiger partial charge in [-0.05, 0) is 30.3 Å². The molecule has 4 nitrogen and oxygen atoms in total. The maximum absolute atomic E-state index is 11.2. The normalized spacial score (nSPS) is 10.1. The number of carboxylic acids is 1. The van der Waals surface area contributed by atoms with Crippen molar-refractivity contribution in [2.24, 2.45) is 0 Å². The zero-order valence-electron chi connectivity index (χ0n) is 10.7. The summed E-state index contributed by atoms with van der Waals surface area (Å²) in [7, 11) is 1.53. The Bertz CT molecular complexity index is 635. The molecule has 0 unspecified atom stereocenters. The van der Waals surface area contributed by atoms with E-state index in [1.54, 1.807) is 36.4 Å². The Balaban J connectivity index is 2.34. The smallest absolute Gasteiger partial charge is 0.336 e. The Morgan fingerprint density at radius 3 is 2.45 bits per heavy atom. The van der Waals surface area contributed by atoms with Crippen LogP contribution < -0.4 is 4.74 Å². The molecule has 102 valence electrons. The van der Waals surface area contributed by atoms with Crippen LogP contribution in [0, 0.1) is 0 Å². The van der Waals surface area contributed by atoms with Gasteiger partial charge >= 0.3 is 5.97 Å². The van der Waals surface area contributed by atoms with Crippen molar-refractivity contribution < 1.29 is 19.4 Å². The van der Waals surface area contributed by atoms with Gasteiger partial charge in [-0.25, -0.2) is 4.79 Å². The Morgan fingerprint density at radius 1 is 1.20 bits per heavy atom. The number of carbonyl (C=O) groups excluding carboxylic acids is 1. The maximum Gasteiger partial charge on any atom is 0.336 e. The summed E-state index contributed by atoms with van der Waals surface area (Å²) in [6.45, 7) is 0. The van der Waals surface area contributed by atoms with Crippen molar-refractivity contribution in [3.63, 3.8) is 0 Å². The molecule has 5 heteroatoms. The van der Waals surface area contributed by atoms with Crippen LogP contribution in [0.3, 0.4) is 0 Å². The van der Waals surface area contributed by atoms with Crippen LogP contribution >= 0.6 is 11.8 Å². The first-order chi connectivity index (χ1) is 9.63. The standard InChI is InChI=1S/C15H12O4S/c1-19-11-4-7-13(15(17)18)14(8-11)20-12-5-2-10(9-16)3-6-12/h2-9H,1H3,(H,17,18). The van der Waals surface area contributed by atoms with Crippen LogP contribution in [-0.4, -0.2) is 24.5 Å². The Kier molecular flexibility index (Phi) is 4.42. The van der Waals surface area contributed by atoms with Gasteiger partial charge in [0.25, 0.3) is 0 Å². The average molecular weight is 288 g/mol. The summed E-state index contributed by atoms with van der Waals surface area (Å²) >= 11 is 1.31. The zero-order valence-corrected chi connectivity index (χ0v) is 11.5. The minimum absolute atomic E-state index is 0.218. The zero-order chi connectivity index (χ0) is 14.5. The van der Waals surface area contributed by atoms with Gasteiger partial charge < -0.3 is 9.84 Å². The van der Waals surface area contributed by atoms with Gasteiger partial charge in [-0.1, -0.05) is 23.9 Å². The molecular weight excluding hydrogens is 276 g/mol. The van der Waals surface area contributed by atoms with Gasteiger partial charge in [0.1, 0.15) is 12.0 Å². The highest BCUT2D eigenvalue weighted by atomic mass is 32.2. The number of ether oxygens (including phenoxy) is 1. The molecule has 0 saturated carbocycles. The van der Waals surface area contributed by atoms with Crippen molar-refractivity contribution in [1.82, 2.24) is 0 Å². The fourth-order valence-electron chi connectivity index (χ4n) is 1.63. The summed E-state index contributed by atoms with van der Waals surface area (Å²) < 4.78 is 5.11. The largest absolute Gasteiger partial charge is 0.497 e. The summed E-state index contributed by atoms with van der Waals surface area (Å²) in [6.07, 6.45) is 0.767. The molecule has 0 amide bonds. The SMILES string of the molecule is COc1ccc(C(=O)O)c(Sc2ccc(C=O)cc2)c1. The van der Waals surface area contributed by atoms with Gasteiger partial charge in [0, 0.05) is 15.4 Å². The first-order valence-corrected chi connectivity index (χ1v) is 6.60. The van der Waals surface area contributed by atoms with E-state index in [1.807, 2.05) is 0 Å². The fraction of sp³-hybridized carbons (Fsp3) is 0.0667. The van der Waals surface area contributed by atoms with Gasteiger partial charge in [0.15, 0.2) is 0 Å². The third kappa shape index (κ3) is 3.19. The molecule has 1 N–H and O–H groups in total. The summed E-state index contributed by atoms with van der Waals surface area (Å²) in [6, 6.07) is 11.7. The van der Waals surface area contributed by atoms with Gasteiger partial charge in [0.2, 0.25) is 0 Å². The van der Waals surface area contributed by atoms with Crippen LogP contribution in [0.25, 0.3) is 0 Å². The lowest BCUT2D eigenvalue weighted by atomic mass is 10.2. The second kappa shape index (κ2) is 6.25. The quantitative estimate of drug-likeness (QED) is 0.855. The molecule has 0 fully saturated rings. The third-order valence-corrected chi connectivity index (χ3v) is 3.73. The predicted molar refractivity (Wildman–Crippen MR) is 75.9 cm³/mol. The average Bonchev–Trinajstić information content (AvgIpc) is 2.47. The molecule has 2 aromatic carbocycles. The second-order valence-electron chi connectivity index (χ2n) is 3.96. The lowest BCUT2D eigenvalue weighted by Gasteiger charge is -2.08. The van der Waals surface area contributed by atoms with Gasteiger partial charge in [0.05, 0.1) is 12.7 Å². The van der Waals surface area contributed by atoms with E-state index in [2.05, 4.69) is 0 Å². The van der Waals surface area contributed by atoms with Gasteiger partial charge in [-0.2, -0.15) is 0 Å². The second-order valence-corrected chi connectivity index (χ2v) is 5.07. The number of benzene rings is 2. The first-order valence-electron chi connectivity index (χ1n) is 5.78. The van der Waals surface area contributed by atoms with E-state index in [0.717, 1.165) is 11.2 Å². The minimum Gasteiger partial charge on any atom is -0.497 e. The molecule has 0 spiro atoms. The molecule has 0 bridgehead atoms. The molecule has 20 heavy (non-hydrogen) atoms. The number of hydrogen-bond acceptors (Lipinski definition) is 4. The number of hydrogen-bond donors (Lipinski definition) is 1. The summed E-state index contributed by atoms with van der Waals surface area (Å²) in [5.74, 6) is -0.387. The summed E-state index contributed by atoms with van der Waals surface area (Å²) in [4.78, 5) is 23.3. The van der Waals surface area contributed by atoms with E-state index >= 15 is 0 Å². The lowest BCUT2D eigenvalue weighted by Crippen LogP contribution is -1.99. The number of aldehydes is 1. The van der Waals surface area contributed by atoms with Crippen LogP contribution in [0.2, 0.25) is 0 Å². The Morgan fingerprint density at radius 2 is 1.90 bits per heavy atom. The topological polar surface area (TPSA) is 63.6 Å². The van der Waals surface area contributed by atoms with Crippen molar-refractivity contribution in [1.29, 1.82) is 0 Å². The van der Waals surface area contributed by atoms with Crippen LogP contribution in [0.15, 0.2) is 52.3 Å². The molecule has 0 heterocycles. The van der Waals surface area contributed by atoms with E-state index in [0.29, 0.717) is 16.2 Å². The van der Waals surface area contributed by atoms with Crippen molar-refractivity contribution in [2.45, 2.75) is 9.79 Å². The molecule has 0 aliphatic heterocycles. The molecule has 0 saturated heterocycles. The fourth-order valence-corrected chi connectivity index (χ4v) is 2.60. The molecule has 0 atom stereocenters. The van der Waals surface area contributed by atoms with Gasteiger partial charge in [-0.15, -0.1) is 0 Å². The maximum atomic E-state index is 11.2. The minimum atomic E-state index is -0.986. The van der Waals surface area contributed by atoms with Crippen molar-refractivity contribution in [2.75, 3.05) is 7.11 Å². The lowest BCUT2D eigenvalue weighted by molar-refractivity contribution is 0.0693. The number of rotatable bonds is 5. The van der Waals surface area contributed by atoms with E-state index in [9.17, 15) is 14.7 Å². The third-order valence-electron chi connectivity index (χ3n) is 2.66. The van der Waals surface area contributed by atoms with E-state index < -0.39 is 5.97 Å². The van der Waals surface area contributed by atoms with Crippen LogP contribution in [0.1, 0.15) is 20.7 Å². The number of carboxylic acid groups (broad SMARTS) is 1. The number of aromatic carboxylic acids is 1. The molecule has 0 aliphatic carbocycles. The van der Waals surface area contributed by atoms with Crippen LogP contribution in [0.4, 0.5) is 0 Å². The number of methoxy groups -OCH3 is 1. The van der Waals surface area contributed by atoms with E-state index in [1.165, 1.54) is 24.9 Å². The first kappa shape index (κ1) is 14.1. The van der Waals surface area contributed by atoms with Crippen LogP contribution in [-0.2, 0) is 0 Å². The highest BCUT2D eigenvalue weighted by molar-refractivity contribution is 7.99. The molecule has 2 aromatic rings. The summed E-state index contributed by atoms with van der Waals surface area (Å²) in [5, 5.41) is 9.19. The monoisotopic (exact) mass is 288 g/mol. The molecule has 0 radical (unpaired) electrons. The van der Waals surface area contributed by atoms with E-state index in [-0.39, 0.29) is 5.56 Å². The number of carbonyl (C=O) groups is 2. The molecule has 0 aromatic heterocycles. The van der Waals surface area contributed by atoms with Crippen LogP contribution in [0.5, 0.6) is 5.75 Å². The van der Waals surface area contributed by atoms with Crippen molar-refractivity contribution >= 4 is 24.0 Å². The van der Waals surface area contributed by atoms with Crippen molar-refractivity contribution in [3.8, 4) is 5.75 Å². The molecule has 0 aliphatic rings. The summed E-state index contributed by atoms with van der Waals surface area (Å²) in [5.41, 5.74) is 0.800. The predicted octanol–water partition coefficient (Wildman–Crippen LogP) is 3.36.